The zero-order valence-corrected chi connectivity index (χ0v) is 18.7. The molecule has 6 heteroatoms. The summed E-state index contributed by atoms with van der Waals surface area (Å²) in [5, 5.41) is 8.66. The van der Waals surface area contributed by atoms with Crippen LogP contribution in [-0.2, 0) is 6.61 Å². The lowest BCUT2D eigenvalue weighted by molar-refractivity contribution is 0.300. The largest absolute Gasteiger partial charge is 0.497 e. The molecule has 0 aliphatic heterocycles. The van der Waals surface area contributed by atoms with E-state index in [4.69, 9.17) is 9.47 Å². The van der Waals surface area contributed by atoms with Crippen molar-refractivity contribution in [1.29, 1.82) is 0 Å². The average molecular weight is 449 g/mol. The zero-order chi connectivity index (χ0) is 23.2. The van der Waals surface area contributed by atoms with Crippen molar-refractivity contribution in [2.24, 2.45) is 0 Å². The quantitative estimate of drug-likeness (QED) is 0.296. The topological polar surface area (TPSA) is 75.8 Å². The molecule has 0 spiro atoms. The van der Waals surface area contributed by atoms with Gasteiger partial charge in [0.25, 0.3) is 0 Å². The van der Waals surface area contributed by atoms with Crippen molar-refractivity contribution in [2.75, 3.05) is 7.11 Å². The molecule has 0 fully saturated rings. The van der Waals surface area contributed by atoms with Crippen LogP contribution in [0.5, 0.6) is 11.5 Å². The number of aromatic nitrogens is 4. The van der Waals surface area contributed by atoms with Crippen LogP contribution in [0, 0.1) is 0 Å². The van der Waals surface area contributed by atoms with Gasteiger partial charge in [0.15, 0.2) is 0 Å². The van der Waals surface area contributed by atoms with Gasteiger partial charge in [0.1, 0.15) is 18.1 Å². The molecule has 168 valence electrons. The molecule has 0 atom stereocenters. The Morgan fingerprint density at radius 1 is 0.912 bits per heavy atom. The van der Waals surface area contributed by atoms with Gasteiger partial charge in [-0.15, -0.1) is 0 Å². The maximum atomic E-state index is 6.02. The van der Waals surface area contributed by atoms with Crippen LogP contribution in [0.1, 0.15) is 28.2 Å². The lowest BCUT2D eigenvalue weighted by Gasteiger charge is -2.10. The number of benzene rings is 2. The molecule has 3 heterocycles. The first-order valence-electron chi connectivity index (χ1n) is 11.0. The molecule has 0 bridgehead atoms. The highest BCUT2D eigenvalue weighted by molar-refractivity contribution is 5.83. The van der Waals surface area contributed by atoms with E-state index in [1.165, 1.54) is 5.39 Å². The molecule has 0 saturated carbocycles. The minimum absolute atomic E-state index is 0.390. The van der Waals surface area contributed by atoms with E-state index >= 15 is 0 Å². The predicted octanol–water partition coefficient (Wildman–Crippen LogP) is 6.21. The second kappa shape index (κ2) is 9.92. The summed E-state index contributed by atoms with van der Waals surface area (Å²) >= 11 is 0. The SMILES string of the molecule is COc1ccc(OCc2ccccn2)c(C=Cc2cc(C=Cc3ccc4cc[nH]c4c3)n[nH]2)c1. The van der Waals surface area contributed by atoms with Gasteiger partial charge in [-0.2, -0.15) is 5.10 Å². The number of nitrogens with one attached hydrogen (secondary N) is 2. The Kier molecular flexibility index (Phi) is 6.21. The van der Waals surface area contributed by atoms with Gasteiger partial charge in [-0.05, 0) is 77.7 Å². The van der Waals surface area contributed by atoms with Crippen LogP contribution in [-0.4, -0.2) is 27.3 Å². The number of H-pyrrole nitrogens is 2. The van der Waals surface area contributed by atoms with E-state index < -0.39 is 0 Å². The van der Waals surface area contributed by atoms with Crippen molar-refractivity contribution in [3.05, 3.63) is 107 Å². The first-order valence-corrected chi connectivity index (χ1v) is 11.0. The number of nitrogens with zero attached hydrogens (tertiary/aromatic N) is 2. The van der Waals surface area contributed by atoms with Gasteiger partial charge in [0.2, 0.25) is 0 Å². The molecule has 0 unspecified atom stereocenters. The van der Waals surface area contributed by atoms with E-state index in [2.05, 4.69) is 50.5 Å². The molecular weight excluding hydrogens is 424 g/mol. The minimum Gasteiger partial charge on any atom is -0.497 e. The van der Waals surface area contributed by atoms with Gasteiger partial charge in [0, 0.05) is 23.5 Å². The maximum absolute atomic E-state index is 6.02. The Hall–Kier alpha value is -4.58. The number of pyridine rings is 1. The third kappa shape index (κ3) is 5.07. The summed E-state index contributed by atoms with van der Waals surface area (Å²) < 4.78 is 11.4. The Bertz CT molecular complexity index is 1450. The monoisotopic (exact) mass is 448 g/mol. The fourth-order valence-corrected chi connectivity index (χ4v) is 3.60. The van der Waals surface area contributed by atoms with Crippen LogP contribution in [0.25, 0.3) is 35.2 Å². The smallest absolute Gasteiger partial charge is 0.130 e. The number of methoxy groups -OCH3 is 1. The summed E-state index contributed by atoms with van der Waals surface area (Å²) in [6.07, 6.45) is 11.7. The van der Waals surface area contributed by atoms with Crippen molar-refractivity contribution in [2.45, 2.75) is 6.61 Å². The lowest BCUT2D eigenvalue weighted by atomic mass is 10.1. The zero-order valence-electron chi connectivity index (χ0n) is 18.7. The minimum atomic E-state index is 0.390. The van der Waals surface area contributed by atoms with E-state index in [9.17, 15) is 0 Å². The summed E-state index contributed by atoms with van der Waals surface area (Å²) in [5.74, 6) is 1.51. The average Bonchev–Trinajstić information content (AvgIpc) is 3.55. The van der Waals surface area contributed by atoms with Crippen LogP contribution in [0.2, 0.25) is 0 Å². The van der Waals surface area contributed by atoms with Crippen LogP contribution in [0.15, 0.2) is 79.1 Å². The molecule has 0 aliphatic rings. The Balaban J connectivity index is 1.30. The van der Waals surface area contributed by atoms with Crippen LogP contribution in [0.4, 0.5) is 0 Å². The third-order valence-electron chi connectivity index (χ3n) is 5.40. The number of hydrogen-bond acceptors (Lipinski definition) is 4. The van der Waals surface area contributed by atoms with Crippen molar-refractivity contribution in [1.82, 2.24) is 20.2 Å². The molecule has 2 N–H and O–H groups in total. The highest BCUT2D eigenvalue weighted by Crippen LogP contribution is 2.27. The number of ether oxygens (including phenoxy) is 2. The van der Waals surface area contributed by atoms with Gasteiger partial charge in [-0.3, -0.25) is 10.1 Å². The summed E-state index contributed by atoms with van der Waals surface area (Å²) in [5.41, 5.74) is 5.74. The summed E-state index contributed by atoms with van der Waals surface area (Å²) in [7, 11) is 1.65. The predicted molar refractivity (Wildman–Crippen MR) is 136 cm³/mol. The molecule has 0 saturated heterocycles. The molecule has 0 aliphatic carbocycles. The summed E-state index contributed by atoms with van der Waals surface area (Å²) in [4.78, 5) is 7.55. The molecular formula is C28H24N4O2. The van der Waals surface area contributed by atoms with E-state index in [1.54, 1.807) is 13.3 Å². The van der Waals surface area contributed by atoms with Crippen molar-refractivity contribution >= 4 is 35.2 Å². The van der Waals surface area contributed by atoms with Crippen LogP contribution < -0.4 is 9.47 Å². The summed E-state index contributed by atoms with van der Waals surface area (Å²) in [6.45, 7) is 0.390. The van der Waals surface area contributed by atoms with Crippen LogP contribution in [0.3, 0.4) is 0 Å². The van der Waals surface area contributed by atoms with Gasteiger partial charge in [-0.25, -0.2) is 0 Å². The fourth-order valence-electron chi connectivity index (χ4n) is 3.60. The first-order chi connectivity index (χ1) is 16.8. The van der Waals surface area contributed by atoms with Crippen molar-refractivity contribution in [3.8, 4) is 11.5 Å². The van der Waals surface area contributed by atoms with E-state index in [1.807, 2.05) is 66.9 Å². The third-order valence-corrected chi connectivity index (χ3v) is 5.40. The van der Waals surface area contributed by atoms with Gasteiger partial charge >= 0.3 is 0 Å². The molecule has 0 radical (unpaired) electrons. The molecule has 6 nitrogen and oxygen atoms in total. The van der Waals surface area contributed by atoms with Gasteiger partial charge < -0.3 is 14.5 Å². The lowest BCUT2D eigenvalue weighted by Crippen LogP contribution is -1.99. The second-order valence-corrected chi connectivity index (χ2v) is 7.75. The normalized spacial score (nSPS) is 11.6. The highest BCUT2D eigenvalue weighted by Gasteiger charge is 2.05. The highest BCUT2D eigenvalue weighted by atomic mass is 16.5. The first kappa shape index (κ1) is 21.3. The van der Waals surface area contributed by atoms with Crippen LogP contribution >= 0.6 is 0 Å². The molecule has 3 aromatic heterocycles. The molecule has 2 aromatic carbocycles. The van der Waals surface area contributed by atoms with Crippen molar-refractivity contribution < 1.29 is 9.47 Å². The Labute approximate surface area is 197 Å². The van der Waals surface area contributed by atoms with E-state index in [0.29, 0.717) is 6.61 Å². The van der Waals surface area contributed by atoms with Gasteiger partial charge in [0.05, 0.1) is 24.2 Å². The van der Waals surface area contributed by atoms with E-state index in [-0.39, 0.29) is 0 Å². The molecule has 5 rings (SSSR count). The summed E-state index contributed by atoms with van der Waals surface area (Å²) in [6, 6.07) is 21.9. The number of rotatable bonds is 8. The molecule has 0 amide bonds. The molecule has 5 aromatic rings. The number of hydrogen-bond donors (Lipinski definition) is 2. The van der Waals surface area contributed by atoms with Gasteiger partial charge in [-0.1, -0.05) is 24.3 Å². The Morgan fingerprint density at radius 3 is 2.76 bits per heavy atom. The number of aromatic amines is 2. The second-order valence-electron chi connectivity index (χ2n) is 7.75. The number of fused-ring (bicyclic) bond motifs is 1. The fraction of sp³-hybridized carbons (Fsp3) is 0.0714. The maximum Gasteiger partial charge on any atom is 0.130 e. The van der Waals surface area contributed by atoms with E-state index in [0.717, 1.165) is 45.2 Å². The standard InChI is InChI=1S/C28H24N4O2/c1-33-26-11-12-28(34-19-25-4-2-3-14-29-25)22(17-26)8-10-24-18-23(31-32-24)9-6-20-5-7-21-13-15-30-27(21)16-20/h2-18,30H,19H2,1H3,(H,31,32). The Morgan fingerprint density at radius 2 is 1.88 bits per heavy atom. The molecule has 34 heavy (non-hydrogen) atoms. The van der Waals surface area contributed by atoms with Crippen molar-refractivity contribution in [3.63, 3.8) is 0 Å².